The van der Waals surface area contributed by atoms with E-state index in [-0.39, 0.29) is 0 Å². The molecule has 0 saturated carbocycles. The molecule has 0 aliphatic rings. The molecule has 0 aliphatic carbocycles. The lowest BCUT2D eigenvalue weighted by molar-refractivity contribution is 0.0945. The molecule has 0 heterocycles. The van der Waals surface area contributed by atoms with E-state index in [9.17, 15) is 5.11 Å². The molecular formula is C15H25NO2. The first-order valence-electron chi connectivity index (χ1n) is 6.39. The Balaban J connectivity index is 3.02. The fourth-order valence-electron chi connectivity index (χ4n) is 1.83. The molecule has 0 spiro atoms. The summed E-state index contributed by atoms with van der Waals surface area (Å²) < 4.78 is 5.41. The van der Waals surface area contributed by atoms with E-state index in [1.165, 1.54) is 5.56 Å². The van der Waals surface area contributed by atoms with Crippen molar-refractivity contribution >= 4 is 5.69 Å². The van der Waals surface area contributed by atoms with Gasteiger partial charge in [-0.05, 0) is 49.9 Å². The van der Waals surface area contributed by atoms with E-state index in [1.54, 1.807) is 21.0 Å². The van der Waals surface area contributed by atoms with Gasteiger partial charge in [0.1, 0.15) is 5.75 Å². The van der Waals surface area contributed by atoms with E-state index in [0.29, 0.717) is 12.5 Å². The monoisotopic (exact) mass is 251 g/mol. The normalized spacial score (nSPS) is 11.8. The number of hydrogen-bond acceptors (Lipinski definition) is 3. The van der Waals surface area contributed by atoms with Crippen LogP contribution in [-0.4, -0.2) is 24.4 Å². The summed E-state index contributed by atoms with van der Waals surface area (Å²) in [6.45, 7) is 10.4. The topological polar surface area (TPSA) is 41.5 Å². The second-order valence-corrected chi connectivity index (χ2v) is 5.73. The highest BCUT2D eigenvalue weighted by Gasteiger charge is 2.15. The van der Waals surface area contributed by atoms with Crippen molar-refractivity contribution in [1.82, 2.24) is 0 Å². The van der Waals surface area contributed by atoms with Gasteiger partial charge in [-0.2, -0.15) is 0 Å². The summed E-state index contributed by atoms with van der Waals surface area (Å²) in [4.78, 5) is 0. The second kappa shape index (κ2) is 5.61. The molecule has 102 valence electrons. The molecule has 0 radical (unpaired) electrons. The average molecular weight is 251 g/mol. The summed E-state index contributed by atoms with van der Waals surface area (Å²) in [5.74, 6) is 1.33. The number of ether oxygens (including phenoxy) is 1. The van der Waals surface area contributed by atoms with Gasteiger partial charge < -0.3 is 15.2 Å². The van der Waals surface area contributed by atoms with E-state index in [4.69, 9.17) is 4.74 Å². The number of benzene rings is 1. The number of rotatable bonds is 5. The van der Waals surface area contributed by atoms with Crippen LogP contribution in [0.4, 0.5) is 5.69 Å². The van der Waals surface area contributed by atoms with E-state index in [1.807, 2.05) is 13.0 Å². The molecule has 0 amide bonds. The van der Waals surface area contributed by atoms with Crippen LogP contribution in [0.2, 0.25) is 0 Å². The second-order valence-electron chi connectivity index (χ2n) is 5.73. The lowest BCUT2D eigenvalue weighted by Gasteiger charge is -2.21. The molecule has 0 saturated heterocycles. The van der Waals surface area contributed by atoms with Gasteiger partial charge in [0.15, 0.2) is 0 Å². The molecule has 1 aromatic carbocycles. The predicted molar refractivity (Wildman–Crippen MR) is 76.6 cm³/mol. The highest BCUT2D eigenvalue weighted by Crippen LogP contribution is 2.32. The molecule has 0 atom stereocenters. The maximum Gasteiger partial charge on any atom is 0.122 e. The van der Waals surface area contributed by atoms with Gasteiger partial charge >= 0.3 is 0 Å². The fourth-order valence-corrected chi connectivity index (χ4v) is 1.83. The zero-order valence-corrected chi connectivity index (χ0v) is 12.3. The molecule has 0 aromatic heterocycles. The van der Waals surface area contributed by atoms with E-state index in [0.717, 1.165) is 17.0 Å². The van der Waals surface area contributed by atoms with Crippen LogP contribution in [0.1, 0.15) is 44.7 Å². The zero-order chi connectivity index (χ0) is 13.9. The van der Waals surface area contributed by atoms with E-state index >= 15 is 0 Å². The number of aryl methyl sites for hydroxylation is 1. The number of anilines is 1. The Morgan fingerprint density at radius 1 is 1.33 bits per heavy atom. The molecule has 1 aromatic rings. The van der Waals surface area contributed by atoms with Gasteiger partial charge in [-0.3, -0.25) is 0 Å². The first-order valence-corrected chi connectivity index (χ1v) is 6.39. The average Bonchev–Trinajstić information content (AvgIpc) is 2.25. The molecule has 1 rings (SSSR count). The highest BCUT2D eigenvalue weighted by atomic mass is 16.5. The molecule has 0 fully saturated rings. The van der Waals surface area contributed by atoms with Crippen molar-refractivity contribution < 1.29 is 9.84 Å². The van der Waals surface area contributed by atoms with Crippen LogP contribution in [0.25, 0.3) is 0 Å². The minimum Gasteiger partial charge on any atom is -0.496 e. The van der Waals surface area contributed by atoms with Crippen LogP contribution >= 0.6 is 0 Å². The van der Waals surface area contributed by atoms with Crippen LogP contribution in [0.3, 0.4) is 0 Å². The summed E-state index contributed by atoms with van der Waals surface area (Å²) in [6, 6.07) is 4.16. The first kappa shape index (κ1) is 14.8. The van der Waals surface area contributed by atoms with Crippen molar-refractivity contribution in [3.8, 4) is 5.75 Å². The smallest absolute Gasteiger partial charge is 0.122 e. The summed E-state index contributed by atoms with van der Waals surface area (Å²) in [7, 11) is 1.70. The van der Waals surface area contributed by atoms with Crippen LogP contribution in [0, 0.1) is 6.92 Å². The summed E-state index contributed by atoms with van der Waals surface area (Å²) >= 11 is 0. The minimum atomic E-state index is -0.718. The quantitative estimate of drug-likeness (QED) is 0.843. The Labute approximate surface area is 110 Å². The van der Waals surface area contributed by atoms with Crippen molar-refractivity contribution in [2.75, 3.05) is 19.0 Å². The number of nitrogens with one attached hydrogen (secondary N) is 1. The third-order valence-electron chi connectivity index (χ3n) is 2.91. The molecular weight excluding hydrogens is 226 g/mol. The number of hydrogen-bond donors (Lipinski definition) is 2. The zero-order valence-electron chi connectivity index (χ0n) is 12.3. The Morgan fingerprint density at radius 3 is 2.39 bits per heavy atom. The summed E-state index contributed by atoms with van der Waals surface area (Å²) in [5, 5.41) is 13.1. The van der Waals surface area contributed by atoms with Gasteiger partial charge in [0.25, 0.3) is 0 Å². The Kier molecular flexibility index (Phi) is 4.63. The van der Waals surface area contributed by atoms with Crippen molar-refractivity contribution in [3.63, 3.8) is 0 Å². The highest BCUT2D eigenvalue weighted by molar-refractivity contribution is 5.58. The van der Waals surface area contributed by atoms with Gasteiger partial charge in [-0.25, -0.2) is 0 Å². The molecule has 3 nitrogen and oxygen atoms in total. The van der Waals surface area contributed by atoms with Crippen LogP contribution in [0.15, 0.2) is 12.1 Å². The Hall–Kier alpha value is -1.22. The molecule has 2 N–H and O–H groups in total. The van der Waals surface area contributed by atoms with Gasteiger partial charge in [-0.15, -0.1) is 0 Å². The van der Waals surface area contributed by atoms with Gasteiger partial charge in [0.05, 0.1) is 12.7 Å². The minimum absolute atomic E-state index is 0.406. The number of aliphatic hydroxyl groups is 1. The Morgan fingerprint density at radius 2 is 1.94 bits per heavy atom. The maximum absolute atomic E-state index is 9.76. The molecule has 0 unspecified atom stereocenters. The first-order chi connectivity index (χ1) is 8.24. The lowest BCUT2D eigenvalue weighted by atomic mass is 9.98. The maximum atomic E-state index is 9.76. The van der Waals surface area contributed by atoms with Crippen molar-refractivity contribution in [1.29, 1.82) is 0 Å². The van der Waals surface area contributed by atoms with E-state index < -0.39 is 5.60 Å². The molecule has 18 heavy (non-hydrogen) atoms. The van der Waals surface area contributed by atoms with Gasteiger partial charge in [0.2, 0.25) is 0 Å². The molecule has 0 bridgehead atoms. The van der Waals surface area contributed by atoms with Crippen molar-refractivity contribution in [3.05, 3.63) is 23.3 Å². The molecule has 0 aliphatic heterocycles. The third-order valence-corrected chi connectivity index (χ3v) is 2.91. The fraction of sp³-hybridized carbons (Fsp3) is 0.600. The Bertz CT molecular complexity index is 406. The number of methoxy groups -OCH3 is 1. The SMILES string of the molecule is COc1cc(C)c(NCC(C)(C)O)cc1C(C)C. The van der Waals surface area contributed by atoms with Crippen molar-refractivity contribution in [2.45, 2.75) is 46.1 Å². The lowest BCUT2D eigenvalue weighted by Crippen LogP contribution is -2.29. The standard InChI is InChI=1S/C15H25NO2/c1-10(2)12-8-13(16-9-15(4,5)17)11(3)7-14(12)18-6/h7-8,10,16-17H,9H2,1-6H3. The van der Waals surface area contributed by atoms with Crippen LogP contribution < -0.4 is 10.1 Å². The van der Waals surface area contributed by atoms with Gasteiger partial charge in [-0.1, -0.05) is 13.8 Å². The van der Waals surface area contributed by atoms with Crippen molar-refractivity contribution in [2.24, 2.45) is 0 Å². The van der Waals surface area contributed by atoms with Crippen LogP contribution in [-0.2, 0) is 0 Å². The summed E-state index contributed by atoms with van der Waals surface area (Å²) in [6.07, 6.45) is 0. The van der Waals surface area contributed by atoms with Gasteiger partial charge in [0, 0.05) is 12.2 Å². The van der Waals surface area contributed by atoms with E-state index in [2.05, 4.69) is 25.2 Å². The van der Waals surface area contributed by atoms with Crippen LogP contribution in [0.5, 0.6) is 5.75 Å². The summed E-state index contributed by atoms with van der Waals surface area (Å²) in [5.41, 5.74) is 2.65. The third kappa shape index (κ3) is 3.91. The predicted octanol–water partition coefficient (Wildman–Crippen LogP) is 3.31. The molecule has 3 heteroatoms. The largest absolute Gasteiger partial charge is 0.496 e.